The molecule has 1 heterocycles. The number of halogens is 2. The molecule has 2 aromatic carbocycles. The Balaban J connectivity index is 1.71. The summed E-state index contributed by atoms with van der Waals surface area (Å²) in [5, 5.41) is 0.701. The minimum atomic E-state index is -0.310. The van der Waals surface area contributed by atoms with Gasteiger partial charge in [0.15, 0.2) is 0 Å². The minimum Gasteiger partial charge on any atom is -0.459 e. The molecule has 1 atom stereocenters. The van der Waals surface area contributed by atoms with Crippen molar-refractivity contribution in [2.24, 2.45) is 5.73 Å². The van der Waals surface area contributed by atoms with Crippen molar-refractivity contribution < 1.29 is 13.2 Å². The van der Waals surface area contributed by atoms with Gasteiger partial charge >= 0.3 is 0 Å². The largest absolute Gasteiger partial charge is 0.459 e. The first-order valence-corrected chi connectivity index (χ1v) is 7.43. The summed E-state index contributed by atoms with van der Waals surface area (Å²) in [4.78, 5) is 0.939. The van der Waals surface area contributed by atoms with Crippen molar-refractivity contribution in [1.29, 1.82) is 0 Å². The summed E-state index contributed by atoms with van der Waals surface area (Å²) in [6, 6.07) is 12.1. The summed E-state index contributed by atoms with van der Waals surface area (Å²) in [5.74, 6) is 0.644. The lowest BCUT2D eigenvalue weighted by atomic mass is 10.2. The first-order chi connectivity index (χ1) is 10.1. The van der Waals surface area contributed by atoms with E-state index in [4.69, 9.17) is 10.2 Å². The molecule has 0 spiro atoms. The maximum Gasteiger partial charge on any atom is 0.134 e. The molecule has 1 unspecified atom stereocenters. The standard InChI is InChI=1S/C16H13F2NOS/c17-11-1-4-13(5-2-11)21-9-14(19)16-8-10-7-12(18)3-6-15(10)20-16/h1-8,14H,9,19H2. The Kier molecular flexibility index (Phi) is 3.94. The van der Waals surface area contributed by atoms with Gasteiger partial charge in [-0.3, -0.25) is 0 Å². The van der Waals surface area contributed by atoms with E-state index in [0.717, 1.165) is 4.90 Å². The third-order valence-corrected chi connectivity index (χ3v) is 4.24. The average molecular weight is 305 g/mol. The second kappa shape index (κ2) is 5.87. The van der Waals surface area contributed by atoms with Crippen molar-refractivity contribution in [2.75, 3.05) is 5.75 Å². The zero-order valence-electron chi connectivity index (χ0n) is 11.1. The Bertz CT molecular complexity index is 755. The zero-order chi connectivity index (χ0) is 14.8. The normalized spacial score (nSPS) is 12.7. The summed E-state index contributed by atoms with van der Waals surface area (Å²) in [6.07, 6.45) is 0. The fourth-order valence-electron chi connectivity index (χ4n) is 2.02. The molecule has 5 heteroatoms. The first-order valence-electron chi connectivity index (χ1n) is 6.45. The summed E-state index contributed by atoms with van der Waals surface area (Å²) < 4.78 is 31.6. The topological polar surface area (TPSA) is 39.2 Å². The van der Waals surface area contributed by atoms with Crippen LogP contribution in [0.3, 0.4) is 0 Å². The maximum absolute atomic E-state index is 13.1. The summed E-state index contributed by atoms with van der Waals surface area (Å²) in [6.45, 7) is 0. The smallest absolute Gasteiger partial charge is 0.134 e. The Labute approximate surface area is 124 Å². The lowest BCUT2D eigenvalue weighted by Crippen LogP contribution is -2.11. The molecule has 0 saturated carbocycles. The summed E-state index contributed by atoms with van der Waals surface area (Å²) >= 11 is 1.52. The van der Waals surface area contributed by atoms with Gasteiger partial charge in [0.25, 0.3) is 0 Å². The highest BCUT2D eigenvalue weighted by molar-refractivity contribution is 7.99. The van der Waals surface area contributed by atoms with Crippen LogP contribution in [-0.4, -0.2) is 5.75 Å². The van der Waals surface area contributed by atoms with Gasteiger partial charge in [-0.15, -0.1) is 11.8 Å². The van der Waals surface area contributed by atoms with E-state index in [2.05, 4.69) is 0 Å². The van der Waals surface area contributed by atoms with Crippen molar-refractivity contribution >= 4 is 22.7 Å². The molecule has 1 aromatic heterocycles. The maximum atomic E-state index is 13.1. The SMILES string of the molecule is NC(CSc1ccc(F)cc1)c1cc2cc(F)ccc2o1. The highest BCUT2D eigenvalue weighted by atomic mass is 32.2. The van der Waals surface area contributed by atoms with Crippen LogP contribution in [0, 0.1) is 11.6 Å². The molecule has 2 N–H and O–H groups in total. The number of benzene rings is 2. The van der Waals surface area contributed by atoms with Gasteiger partial charge in [-0.05, 0) is 48.5 Å². The monoisotopic (exact) mass is 305 g/mol. The van der Waals surface area contributed by atoms with Gasteiger partial charge in [0.1, 0.15) is 23.0 Å². The highest BCUT2D eigenvalue weighted by Gasteiger charge is 2.13. The Morgan fingerprint density at radius 3 is 2.48 bits per heavy atom. The second-order valence-electron chi connectivity index (χ2n) is 4.70. The number of thioether (sulfide) groups is 1. The third-order valence-electron chi connectivity index (χ3n) is 3.11. The van der Waals surface area contributed by atoms with Crippen molar-refractivity contribution in [3.8, 4) is 0 Å². The van der Waals surface area contributed by atoms with E-state index >= 15 is 0 Å². The van der Waals surface area contributed by atoms with Crippen LogP contribution < -0.4 is 5.73 Å². The molecule has 0 fully saturated rings. The molecule has 108 valence electrons. The van der Waals surface area contributed by atoms with Crippen LogP contribution in [-0.2, 0) is 0 Å². The van der Waals surface area contributed by atoms with Gasteiger partial charge in [0.05, 0.1) is 6.04 Å². The molecule has 0 aliphatic carbocycles. The Hall–Kier alpha value is -1.85. The number of nitrogens with two attached hydrogens (primary N) is 1. The van der Waals surface area contributed by atoms with Crippen LogP contribution in [0.25, 0.3) is 11.0 Å². The first kappa shape index (κ1) is 14.1. The molecule has 0 radical (unpaired) electrons. The van der Waals surface area contributed by atoms with Gasteiger partial charge < -0.3 is 10.2 Å². The summed E-state index contributed by atoms with van der Waals surface area (Å²) in [7, 11) is 0. The highest BCUT2D eigenvalue weighted by Crippen LogP contribution is 2.28. The number of hydrogen-bond donors (Lipinski definition) is 1. The quantitative estimate of drug-likeness (QED) is 0.721. The lowest BCUT2D eigenvalue weighted by Gasteiger charge is -2.08. The summed E-state index contributed by atoms with van der Waals surface area (Å²) in [5.41, 5.74) is 6.71. The van der Waals surface area contributed by atoms with Gasteiger partial charge in [-0.1, -0.05) is 0 Å². The molecule has 21 heavy (non-hydrogen) atoms. The third kappa shape index (κ3) is 3.25. The molecular formula is C16H13F2NOS. The van der Waals surface area contributed by atoms with E-state index in [1.54, 1.807) is 24.3 Å². The zero-order valence-corrected chi connectivity index (χ0v) is 11.9. The van der Waals surface area contributed by atoms with Gasteiger partial charge in [-0.25, -0.2) is 8.78 Å². The van der Waals surface area contributed by atoms with Crippen LogP contribution in [0.2, 0.25) is 0 Å². The van der Waals surface area contributed by atoms with Crippen LogP contribution in [0.15, 0.2) is 57.8 Å². The van der Waals surface area contributed by atoms with Crippen molar-refractivity contribution in [3.05, 3.63) is 65.9 Å². The van der Waals surface area contributed by atoms with Crippen molar-refractivity contribution in [1.82, 2.24) is 0 Å². The van der Waals surface area contributed by atoms with E-state index in [0.29, 0.717) is 22.5 Å². The molecule has 3 rings (SSSR count). The van der Waals surface area contributed by atoms with Crippen LogP contribution in [0.1, 0.15) is 11.8 Å². The van der Waals surface area contributed by atoms with E-state index in [1.165, 1.54) is 36.0 Å². The van der Waals surface area contributed by atoms with Crippen LogP contribution in [0.5, 0.6) is 0 Å². The van der Waals surface area contributed by atoms with Crippen molar-refractivity contribution in [3.63, 3.8) is 0 Å². The minimum absolute atomic E-state index is 0.261. The number of hydrogen-bond acceptors (Lipinski definition) is 3. The number of furan rings is 1. The average Bonchev–Trinajstić information content (AvgIpc) is 2.89. The molecule has 3 aromatic rings. The molecule has 0 amide bonds. The Morgan fingerprint density at radius 1 is 1.00 bits per heavy atom. The molecule has 2 nitrogen and oxygen atoms in total. The number of fused-ring (bicyclic) bond motifs is 1. The van der Waals surface area contributed by atoms with E-state index in [-0.39, 0.29) is 17.7 Å². The predicted molar refractivity (Wildman–Crippen MR) is 80.2 cm³/mol. The van der Waals surface area contributed by atoms with E-state index in [1.807, 2.05) is 0 Å². The van der Waals surface area contributed by atoms with Gasteiger partial charge in [-0.2, -0.15) is 0 Å². The Morgan fingerprint density at radius 2 is 1.71 bits per heavy atom. The molecular weight excluding hydrogens is 292 g/mol. The fourth-order valence-corrected chi connectivity index (χ4v) is 2.88. The molecule has 0 bridgehead atoms. The molecule has 0 aliphatic rings. The second-order valence-corrected chi connectivity index (χ2v) is 5.80. The van der Waals surface area contributed by atoms with Crippen LogP contribution >= 0.6 is 11.8 Å². The number of rotatable bonds is 4. The lowest BCUT2D eigenvalue weighted by molar-refractivity contribution is 0.515. The van der Waals surface area contributed by atoms with E-state index in [9.17, 15) is 8.78 Å². The predicted octanol–water partition coefficient (Wildman–Crippen LogP) is 4.50. The molecule has 0 aliphatic heterocycles. The fraction of sp³-hybridized carbons (Fsp3) is 0.125. The van der Waals surface area contributed by atoms with E-state index < -0.39 is 0 Å². The van der Waals surface area contributed by atoms with Crippen molar-refractivity contribution in [2.45, 2.75) is 10.9 Å². The van der Waals surface area contributed by atoms with Gasteiger partial charge in [0, 0.05) is 16.0 Å². The molecule has 0 saturated heterocycles. The van der Waals surface area contributed by atoms with Crippen LogP contribution in [0.4, 0.5) is 8.78 Å². The van der Waals surface area contributed by atoms with Gasteiger partial charge in [0.2, 0.25) is 0 Å².